The lowest BCUT2D eigenvalue weighted by atomic mass is 10.2. The van der Waals surface area contributed by atoms with Crippen molar-refractivity contribution in [3.05, 3.63) is 46.4 Å². The fourth-order valence-electron chi connectivity index (χ4n) is 2.09. The van der Waals surface area contributed by atoms with Crippen LogP contribution in [0.15, 0.2) is 40.9 Å². The van der Waals surface area contributed by atoms with E-state index in [2.05, 4.69) is 25.9 Å². The Morgan fingerprint density at radius 1 is 1.25 bits per heavy atom. The third-order valence-corrected chi connectivity index (χ3v) is 3.53. The van der Waals surface area contributed by atoms with E-state index in [9.17, 15) is 0 Å². The molecule has 0 atom stereocenters. The summed E-state index contributed by atoms with van der Waals surface area (Å²) in [4.78, 5) is 8.74. The van der Waals surface area contributed by atoms with Crippen molar-refractivity contribution in [3.8, 4) is 5.88 Å². The molecular weight excluding hydrogens is 320 g/mol. The van der Waals surface area contributed by atoms with Gasteiger partial charge in [0.1, 0.15) is 5.52 Å². The van der Waals surface area contributed by atoms with Gasteiger partial charge in [-0.15, -0.1) is 0 Å². The van der Waals surface area contributed by atoms with Crippen LogP contribution >= 0.6 is 15.9 Å². The Morgan fingerprint density at radius 3 is 2.85 bits per heavy atom. The van der Waals surface area contributed by atoms with Gasteiger partial charge in [0.25, 0.3) is 0 Å². The molecule has 1 aromatic carbocycles. The van der Waals surface area contributed by atoms with Gasteiger partial charge in [0, 0.05) is 10.5 Å². The Balaban J connectivity index is 2.08. The number of nitrogens with two attached hydrogens (primary N) is 1. The summed E-state index contributed by atoms with van der Waals surface area (Å²) in [7, 11) is 1.59. The number of anilines is 1. The zero-order chi connectivity index (χ0) is 14.1. The third-order valence-electron chi connectivity index (χ3n) is 3.04. The number of nitrogen functional groups attached to an aromatic ring is 1. The number of fused-ring (bicyclic) bond motifs is 1. The summed E-state index contributed by atoms with van der Waals surface area (Å²) < 4.78 is 8.06. The number of rotatable bonds is 3. The molecule has 6 heteroatoms. The first-order valence-corrected chi connectivity index (χ1v) is 6.88. The lowest BCUT2D eigenvalue weighted by molar-refractivity contribution is 0.399. The number of benzene rings is 1. The van der Waals surface area contributed by atoms with Crippen molar-refractivity contribution in [2.45, 2.75) is 6.54 Å². The monoisotopic (exact) mass is 332 g/mol. The van der Waals surface area contributed by atoms with Crippen molar-refractivity contribution in [2.75, 3.05) is 12.8 Å². The fraction of sp³-hybridized carbons (Fsp3) is 0.143. The topological polar surface area (TPSA) is 66.0 Å². The van der Waals surface area contributed by atoms with Gasteiger partial charge in [-0.05, 0) is 23.8 Å². The van der Waals surface area contributed by atoms with Crippen LogP contribution in [-0.4, -0.2) is 21.6 Å². The van der Waals surface area contributed by atoms with E-state index in [0.29, 0.717) is 18.4 Å². The summed E-state index contributed by atoms with van der Waals surface area (Å²) in [5, 5.41) is 0. The Morgan fingerprint density at radius 2 is 2.10 bits per heavy atom. The first-order chi connectivity index (χ1) is 9.67. The van der Waals surface area contributed by atoms with Crippen molar-refractivity contribution in [1.29, 1.82) is 0 Å². The van der Waals surface area contributed by atoms with E-state index in [1.165, 1.54) is 0 Å². The zero-order valence-electron chi connectivity index (χ0n) is 10.9. The number of halogens is 1. The number of pyridine rings is 1. The molecule has 20 heavy (non-hydrogen) atoms. The normalized spacial score (nSPS) is 10.9. The second kappa shape index (κ2) is 5.13. The lowest BCUT2D eigenvalue weighted by Gasteiger charge is -2.07. The molecule has 3 rings (SSSR count). The summed E-state index contributed by atoms with van der Waals surface area (Å²) in [5.74, 6) is 0.994. The Hall–Kier alpha value is -2.08. The van der Waals surface area contributed by atoms with Gasteiger partial charge in [0.05, 0.1) is 13.7 Å². The minimum Gasteiger partial charge on any atom is -0.481 e. The smallest absolute Gasteiger partial charge is 0.215 e. The second-order valence-electron chi connectivity index (χ2n) is 4.38. The highest BCUT2D eigenvalue weighted by molar-refractivity contribution is 9.10. The third kappa shape index (κ3) is 2.34. The molecule has 0 fully saturated rings. The largest absolute Gasteiger partial charge is 0.481 e. The highest BCUT2D eigenvalue weighted by atomic mass is 79.9. The maximum Gasteiger partial charge on any atom is 0.215 e. The molecule has 2 aromatic heterocycles. The van der Waals surface area contributed by atoms with Crippen molar-refractivity contribution in [2.24, 2.45) is 0 Å². The highest BCUT2D eigenvalue weighted by Gasteiger charge is 2.11. The van der Waals surface area contributed by atoms with E-state index >= 15 is 0 Å². The van der Waals surface area contributed by atoms with Crippen LogP contribution in [0.2, 0.25) is 0 Å². The summed E-state index contributed by atoms with van der Waals surface area (Å²) >= 11 is 3.47. The van der Waals surface area contributed by atoms with Gasteiger partial charge in [-0.3, -0.25) is 4.57 Å². The number of ether oxygens (including phenoxy) is 1. The number of hydrogen-bond donors (Lipinski definition) is 1. The van der Waals surface area contributed by atoms with E-state index < -0.39 is 0 Å². The van der Waals surface area contributed by atoms with Crippen LogP contribution in [0.1, 0.15) is 5.56 Å². The molecule has 0 radical (unpaired) electrons. The van der Waals surface area contributed by atoms with Gasteiger partial charge in [0.2, 0.25) is 11.8 Å². The fourth-order valence-corrected chi connectivity index (χ4v) is 2.54. The molecule has 2 N–H and O–H groups in total. The lowest BCUT2D eigenvalue weighted by Crippen LogP contribution is -2.05. The molecule has 0 aliphatic carbocycles. The van der Waals surface area contributed by atoms with Crippen LogP contribution in [-0.2, 0) is 6.54 Å². The molecule has 0 amide bonds. The maximum absolute atomic E-state index is 5.99. The van der Waals surface area contributed by atoms with Gasteiger partial charge in [-0.2, -0.15) is 4.98 Å². The molecule has 0 bridgehead atoms. The predicted molar refractivity (Wildman–Crippen MR) is 81.7 cm³/mol. The van der Waals surface area contributed by atoms with E-state index in [1.807, 2.05) is 34.9 Å². The molecule has 0 saturated carbocycles. The van der Waals surface area contributed by atoms with Gasteiger partial charge in [0.15, 0.2) is 5.65 Å². The molecule has 5 nitrogen and oxygen atoms in total. The van der Waals surface area contributed by atoms with Crippen LogP contribution in [0.3, 0.4) is 0 Å². The van der Waals surface area contributed by atoms with Gasteiger partial charge in [-0.25, -0.2) is 4.98 Å². The molecule has 102 valence electrons. The minimum atomic E-state index is 0.445. The molecule has 0 spiro atoms. The summed E-state index contributed by atoms with van der Waals surface area (Å²) in [6, 6.07) is 11.7. The maximum atomic E-state index is 5.99. The number of hydrogen-bond acceptors (Lipinski definition) is 4. The van der Waals surface area contributed by atoms with Gasteiger partial charge < -0.3 is 10.5 Å². The number of nitrogens with zero attached hydrogens (tertiary/aromatic N) is 3. The Bertz CT molecular complexity index is 769. The van der Waals surface area contributed by atoms with Crippen molar-refractivity contribution in [3.63, 3.8) is 0 Å². The van der Waals surface area contributed by atoms with Gasteiger partial charge in [-0.1, -0.05) is 28.1 Å². The van der Waals surface area contributed by atoms with Crippen LogP contribution in [0.25, 0.3) is 11.2 Å². The van der Waals surface area contributed by atoms with Crippen molar-refractivity contribution in [1.82, 2.24) is 14.5 Å². The van der Waals surface area contributed by atoms with Crippen LogP contribution in [0.5, 0.6) is 5.88 Å². The number of imidazole rings is 1. The quantitative estimate of drug-likeness (QED) is 0.800. The molecule has 0 unspecified atom stereocenters. The summed E-state index contributed by atoms with van der Waals surface area (Å²) in [6.45, 7) is 0.613. The second-order valence-corrected chi connectivity index (χ2v) is 5.30. The average Bonchev–Trinajstić information content (AvgIpc) is 2.74. The first kappa shape index (κ1) is 12.9. The van der Waals surface area contributed by atoms with Crippen LogP contribution in [0, 0.1) is 0 Å². The van der Waals surface area contributed by atoms with E-state index in [0.717, 1.165) is 21.2 Å². The molecule has 2 heterocycles. The van der Waals surface area contributed by atoms with Crippen LogP contribution in [0.4, 0.5) is 5.95 Å². The Labute approximate surface area is 124 Å². The summed E-state index contributed by atoms with van der Waals surface area (Å²) in [6.07, 6.45) is 0. The molecule has 0 saturated heterocycles. The SMILES string of the molecule is COc1ccc2nc(N)n(Cc3cccc(Br)c3)c2n1. The number of methoxy groups -OCH3 is 1. The highest BCUT2D eigenvalue weighted by Crippen LogP contribution is 2.21. The van der Waals surface area contributed by atoms with Gasteiger partial charge >= 0.3 is 0 Å². The minimum absolute atomic E-state index is 0.445. The molecular formula is C14H13BrN4O. The molecule has 3 aromatic rings. The van der Waals surface area contributed by atoms with Crippen LogP contribution < -0.4 is 10.5 Å². The van der Waals surface area contributed by atoms with E-state index in [1.54, 1.807) is 13.2 Å². The van der Waals surface area contributed by atoms with Crippen molar-refractivity contribution < 1.29 is 4.74 Å². The first-order valence-electron chi connectivity index (χ1n) is 6.08. The summed E-state index contributed by atoms with van der Waals surface area (Å²) in [5.41, 5.74) is 8.60. The standard InChI is InChI=1S/C14H13BrN4O/c1-20-12-6-5-11-13(18-12)19(14(16)17-11)8-9-3-2-4-10(15)7-9/h2-7H,8H2,1H3,(H2,16,17). The Kier molecular flexibility index (Phi) is 3.31. The predicted octanol–water partition coefficient (Wildman–Crippen LogP) is 2.83. The average molecular weight is 333 g/mol. The zero-order valence-corrected chi connectivity index (χ0v) is 12.5. The van der Waals surface area contributed by atoms with E-state index in [-0.39, 0.29) is 0 Å². The molecule has 0 aliphatic rings. The van der Waals surface area contributed by atoms with E-state index in [4.69, 9.17) is 10.5 Å². The van der Waals surface area contributed by atoms with Crippen molar-refractivity contribution >= 4 is 33.0 Å². The molecule has 0 aliphatic heterocycles. The number of aromatic nitrogens is 3.